The molecule has 4 nitrogen and oxygen atoms in total. The van der Waals surface area contributed by atoms with Crippen LogP contribution in [0.25, 0.3) is 5.69 Å². The molecule has 0 fully saturated rings. The van der Waals surface area contributed by atoms with Crippen LogP contribution in [0.2, 0.25) is 5.02 Å². The summed E-state index contributed by atoms with van der Waals surface area (Å²) < 4.78 is 7.06. The van der Waals surface area contributed by atoms with Crippen LogP contribution < -0.4 is 5.32 Å². The minimum Gasteiger partial charge on any atom is -0.383 e. The topological polar surface area (TPSA) is 39.1 Å². The SMILES string of the molecule is COCCNCc1c(Cl)cccc1-n1ccnc1C. The number of ether oxygens (including phenoxy) is 1. The Balaban J connectivity index is 2.24. The second-order valence-corrected chi connectivity index (χ2v) is 4.66. The van der Waals surface area contributed by atoms with E-state index in [9.17, 15) is 0 Å². The summed E-state index contributed by atoms with van der Waals surface area (Å²) in [6, 6.07) is 5.91. The first kappa shape index (κ1) is 14.1. The molecular formula is C14H18ClN3O. The zero-order valence-corrected chi connectivity index (χ0v) is 11.9. The molecule has 2 aromatic rings. The van der Waals surface area contributed by atoms with Crippen LogP contribution in [0.15, 0.2) is 30.6 Å². The average Bonchev–Trinajstić information content (AvgIpc) is 2.82. The molecule has 1 aromatic heterocycles. The predicted octanol–water partition coefficient (Wildman–Crippen LogP) is 2.57. The van der Waals surface area contributed by atoms with Crippen molar-refractivity contribution in [2.45, 2.75) is 13.5 Å². The maximum atomic E-state index is 6.31. The van der Waals surface area contributed by atoms with Crippen LogP contribution in [-0.2, 0) is 11.3 Å². The van der Waals surface area contributed by atoms with Crippen LogP contribution in [0.5, 0.6) is 0 Å². The van der Waals surface area contributed by atoms with Crippen molar-refractivity contribution in [3.63, 3.8) is 0 Å². The lowest BCUT2D eigenvalue weighted by atomic mass is 10.1. The van der Waals surface area contributed by atoms with Gasteiger partial charge in [0, 0.05) is 43.2 Å². The van der Waals surface area contributed by atoms with Gasteiger partial charge in [0.15, 0.2) is 0 Å². The zero-order valence-electron chi connectivity index (χ0n) is 11.2. The highest BCUT2D eigenvalue weighted by Gasteiger charge is 2.09. The fraction of sp³-hybridized carbons (Fsp3) is 0.357. The van der Waals surface area contributed by atoms with E-state index in [1.807, 2.05) is 35.9 Å². The molecule has 2 rings (SSSR count). The Morgan fingerprint density at radius 3 is 2.95 bits per heavy atom. The number of hydrogen-bond acceptors (Lipinski definition) is 3. The Bertz CT molecular complexity index is 539. The number of rotatable bonds is 6. The molecule has 0 spiro atoms. The van der Waals surface area contributed by atoms with Gasteiger partial charge < -0.3 is 14.6 Å². The van der Waals surface area contributed by atoms with Gasteiger partial charge in [0.2, 0.25) is 0 Å². The van der Waals surface area contributed by atoms with E-state index in [4.69, 9.17) is 16.3 Å². The van der Waals surface area contributed by atoms with Gasteiger partial charge in [-0.1, -0.05) is 17.7 Å². The molecule has 0 saturated carbocycles. The minimum atomic E-state index is 0.684. The number of halogens is 1. The molecule has 0 bridgehead atoms. The Hall–Kier alpha value is -1.36. The molecule has 0 unspecified atom stereocenters. The summed E-state index contributed by atoms with van der Waals surface area (Å²) >= 11 is 6.31. The van der Waals surface area contributed by atoms with E-state index < -0.39 is 0 Å². The van der Waals surface area contributed by atoms with Crippen molar-refractivity contribution < 1.29 is 4.74 Å². The van der Waals surface area contributed by atoms with Crippen LogP contribution in [0, 0.1) is 6.92 Å². The maximum absolute atomic E-state index is 6.31. The molecule has 0 aliphatic rings. The lowest BCUT2D eigenvalue weighted by Crippen LogP contribution is -2.20. The van der Waals surface area contributed by atoms with Crippen molar-refractivity contribution in [1.82, 2.24) is 14.9 Å². The molecule has 0 amide bonds. The number of benzene rings is 1. The predicted molar refractivity (Wildman–Crippen MR) is 76.9 cm³/mol. The van der Waals surface area contributed by atoms with Gasteiger partial charge in [0.1, 0.15) is 5.82 Å². The number of nitrogens with one attached hydrogen (secondary N) is 1. The van der Waals surface area contributed by atoms with Crippen molar-refractivity contribution in [2.75, 3.05) is 20.3 Å². The third kappa shape index (κ3) is 3.35. The average molecular weight is 280 g/mol. The smallest absolute Gasteiger partial charge is 0.110 e. The Kier molecular flexibility index (Phi) is 4.96. The van der Waals surface area contributed by atoms with Crippen LogP contribution >= 0.6 is 11.6 Å². The second kappa shape index (κ2) is 6.70. The van der Waals surface area contributed by atoms with Gasteiger partial charge in [0.05, 0.1) is 12.3 Å². The van der Waals surface area contributed by atoms with Crippen LogP contribution in [0.3, 0.4) is 0 Å². The van der Waals surface area contributed by atoms with E-state index in [0.29, 0.717) is 13.2 Å². The van der Waals surface area contributed by atoms with Gasteiger partial charge in [-0.3, -0.25) is 0 Å². The van der Waals surface area contributed by atoms with Gasteiger partial charge in [-0.15, -0.1) is 0 Å². The third-order valence-corrected chi connectivity index (χ3v) is 3.32. The molecule has 102 valence electrons. The lowest BCUT2D eigenvalue weighted by Gasteiger charge is -2.14. The van der Waals surface area contributed by atoms with Crippen molar-refractivity contribution in [3.05, 3.63) is 47.0 Å². The van der Waals surface area contributed by atoms with Gasteiger partial charge in [-0.05, 0) is 19.1 Å². The Morgan fingerprint density at radius 1 is 1.42 bits per heavy atom. The highest BCUT2D eigenvalue weighted by molar-refractivity contribution is 6.31. The lowest BCUT2D eigenvalue weighted by molar-refractivity contribution is 0.199. The normalized spacial score (nSPS) is 10.9. The molecule has 0 saturated heterocycles. The molecule has 0 aliphatic carbocycles. The first-order chi connectivity index (χ1) is 9.24. The fourth-order valence-electron chi connectivity index (χ4n) is 1.97. The quantitative estimate of drug-likeness (QED) is 0.826. The van der Waals surface area contributed by atoms with Gasteiger partial charge in [-0.2, -0.15) is 0 Å². The summed E-state index contributed by atoms with van der Waals surface area (Å²) in [7, 11) is 1.69. The third-order valence-electron chi connectivity index (χ3n) is 2.96. The summed E-state index contributed by atoms with van der Waals surface area (Å²) in [4.78, 5) is 4.25. The van der Waals surface area contributed by atoms with Crippen LogP contribution in [0.1, 0.15) is 11.4 Å². The standard InChI is InChI=1S/C14H18ClN3O/c1-11-17-6-8-18(11)14-5-3-4-13(15)12(14)10-16-7-9-19-2/h3-6,8,16H,7,9-10H2,1-2H3. The summed E-state index contributed by atoms with van der Waals surface area (Å²) in [6.45, 7) is 4.16. The van der Waals surface area contributed by atoms with Gasteiger partial charge >= 0.3 is 0 Å². The molecule has 0 atom stereocenters. The van der Waals surface area contributed by atoms with Crippen molar-refractivity contribution in [1.29, 1.82) is 0 Å². The minimum absolute atomic E-state index is 0.684. The van der Waals surface area contributed by atoms with E-state index >= 15 is 0 Å². The van der Waals surface area contributed by atoms with E-state index in [2.05, 4.69) is 10.3 Å². The maximum Gasteiger partial charge on any atom is 0.110 e. The number of methoxy groups -OCH3 is 1. The van der Waals surface area contributed by atoms with E-state index in [0.717, 1.165) is 28.6 Å². The molecule has 1 N–H and O–H groups in total. The van der Waals surface area contributed by atoms with E-state index in [1.54, 1.807) is 13.3 Å². The molecule has 1 heterocycles. The molecule has 19 heavy (non-hydrogen) atoms. The van der Waals surface area contributed by atoms with E-state index in [1.165, 1.54) is 0 Å². The molecule has 1 aromatic carbocycles. The summed E-state index contributed by atoms with van der Waals surface area (Å²) in [5.41, 5.74) is 2.13. The number of nitrogens with zero attached hydrogens (tertiary/aromatic N) is 2. The van der Waals surface area contributed by atoms with Crippen molar-refractivity contribution >= 4 is 11.6 Å². The number of aryl methyl sites for hydroxylation is 1. The first-order valence-electron chi connectivity index (χ1n) is 6.21. The van der Waals surface area contributed by atoms with Gasteiger partial charge in [-0.25, -0.2) is 4.98 Å². The summed E-state index contributed by atoms with van der Waals surface area (Å²) in [6.07, 6.45) is 3.73. The van der Waals surface area contributed by atoms with E-state index in [-0.39, 0.29) is 0 Å². The number of imidazole rings is 1. The highest BCUT2D eigenvalue weighted by atomic mass is 35.5. The Labute approximate surface area is 118 Å². The second-order valence-electron chi connectivity index (χ2n) is 4.25. The fourth-order valence-corrected chi connectivity index (χ4v) is 2.20. The summed E-state index contributed by atoms with van der Waals surface area (Å²) in [5.74, 6) is 0.945. The zero-order chi connectivity index (χ0) is 13.7. The molecule has 0 radical (unpaired) electrons. The molecule has 0 aliphatic heterocycles. The van der Waals surface area contributed by atoms with Gasteiger partial charge in [0.25, 0.3) is 0 Å². The highest BCUT2D eigenvalue weighted by Crippen LogP contribution is 2.24. The van der Waals surface area contributed by atoms with Crippen molar-refractivity contribution in [2.24, 2.45) is 0 Å². The first-order valence-corrected chi connectivity index (χ1v) is 6.59. The molecule has 5 heteroatoms. The number of aromatic nitrogens is 2. The van der Waals surface area contributed by atoms with Crippen LogP contribution in [0.4, 0.5) is 0 Å². The van der Waals surface area contributed by atoms with Crippen LogP contribution in [-0.4, -0.2) is 29.8 Å². The largest absolute Gasteiger partial charge is 0.383 e. The monoisotopic (exact) mass is 279 g/mol. The molecular weight excluding hydrogens is 262 g/mol. The number of hydrogen-bond donors (Lipinski definition) is 1. The summed E-state index contributed by atoms with van der Waals surface area (Å²) in [5, 5.41) is 4.08. The van der Waals surface area contributed by atoms with Crippen molar-refractivity contribution in [3.8, 4) is 5.69 Å². The Morgan fingerprint density at radius 2 is 2.26 bits per heavy atom.